The molecule has 0 aliphatic rings. The summed E-state index contributed by atoms with van der Waals surface area (Å²) in [5.41, 5.74) is 2.25. The number of hydrogen-bond donors (Lipinski definition) is 0. The second-order valence-corrected chi connectivity index (χ2v) is 3.91. The van der Waals surface area contributed by atoms with Crippen molar-refractivity contribution in [1.82, 2.24) is 4.98 Å². The van der Waals surface area contributed by atoms with Crippen LogP contribution >= 0.6 is 22.6 Å². The molecule has 0 aliphatic heterocycles. The number of halogens is 1. The van der Waals surface area contributed by atoms with Gasteiger partial charge in [0.1, 0.15) is 5.52 Å². The number of aromatic nitrogens is 1. The maximum Gasteiger partial charge on any atom is 0.310 e. The number of hydrogen-bond acceptors (Lipinski definition) is 4. The lowest BCUT2D eigenvalue weighted by Gasteiger charge is -1.99. The Labute approximate surface area is 99.8 Å². The maximum absolute atomic E-state index is 11.1. The molecule has 15 heavy (non-hydrogen) atoms. The molecule has 2 aromatic rings. The molecule has 0 unspecified atom stereocenters. The van der Waals surface area contributed by atoms with Gasteiger partial charge in [-0.25, -0.2) is 4.98 Å². The first-order valence-corrected chi connectivity index (χ1v) is 5.39. The van der Waals surface area contributed by atoms with Gasteiger partial charge in [-0.2, -0.15) is 0 Å². The predicted octanol–water partition coefficient (Wildman–Crippen LogP) is 2.15. The highest BCUT2D eigenvalue weighted by atomic mass is 127. The van der Waals surface area contributed by atoms with Crippen molar-refractivity contribution in [3.8, 4) is 0 Å². The first-order valence-electron chi connectivity index (χ1n) is 4.31. The zero-order valence-corrected chi connectivity index (χ0v) is 10.1. The largest absolute Gasteiger partial charge is 0.469 e. The Morgan fingerprint density at radius 1 is 1.60 bits per heavy atom. The lowest BCUT2D eigenvalue weighted by molar-refractivity contribution is -0.139. The molecule has 2 rings (SSSR count). The van der Waals surface area contributed by atoms with E-state index in [1.165, 1.54) is 7.11 Å². The molecule has 0 radical (unpaired) electrons. The third kappa shape index (κ3) is 2.11. The van der Waals surface area contributed by atoms with E-state index in [0.717, 1.165) is 11.1 Å². The van der Waals surface area contributed by atoms with Gasteiger partial charge >= 0.3 is 5.97 Å². The molecule has 0 fully saturated rings. The molecule has 0 saturated heterocycles. The molecule has 0 bridgehead atoms. The number of nitrogens with zero attached hydrogens (tertiary/aromatic N) is 1. The molecule has 0 N–H and O–H groups in total. The summed E-state index contributed by atoms with van der Waals surface area (Å²) >= 11 is 2.00. The molecule has 1 aromatic carbocycles. The van der Waals surface area contributed by atoms with Crippen LogP contribution in [0.25, 0.3) is 11.1 Å². The Hall–Kier alpha value is -1.11. The van der Waals surface area contributed by atoms with Crippen LogP contribution in [0.1, 0.15) is 5.56 Å². The number of rotatable bonds is 2. The smallest absolute Gasteiger partial charge is 0.310 e. The highest BCUT2D eigenvalue weighted by Crippen LogP contribution is 2.20. The van der Waals surface area contributed by atoms with Crippen LogP contribution in [0.15, 0.2) is 22.6 Å². The molecule has 0 atom stereocenters. The predicted molar refractivity (Wildman–Crippen MR) is 62.4 cm³/mol. The van der Waals surface area contributed by atoms with Crippen molar-refractivity contribution in [2.24, 2.45) is 0 Å². The lowest BCUT2D eigenvalue weighted by Crippen LogP contribution is -2.04. The quantitative estimate of drug-likeness (QED) is 0.629. The Morgan fingerprint density at radius 3 is 3.13 bits per heavy atom. The van der Waals surface area contributed by atoms with Crippen LogP contribution in [0.4, 0.5) is 0 Å². The van der Waals surface area contributed by atoms with E-state index in [0.29, 0.717) is 9.48 Å². The van der Waals surface area contributed by atoms with E-state index in [4.69, 9.17) is 4.42 Å². The Bertz CT molecular complexity index is 506. The molecule has 5 heteroatoms. The van der Waals surface area contributed by atoms with Crippen LogP contribution in [0.5, 0.6) is 0 Å². The van der Waals surface area contributed by atoms with Gasteiger partial charge in [-0.15, -0.1) is 0 Å². The van der Waals surface area contributed by atoms with E-state index >= 15 is 0 Å². The fourth-order valence-electron chi connectivity index (χ4n) is 1.35. The third-order valence-corrected chi connectivity index (χ3v) is 2.50. The van der Waals surface area contributed by atoms with Crippen molar-refractivity contribution >= 4 is 39.7 Å². The zero-order valence-electron chi connectivity index (χ0n) is 7.99. The van der Waals surface area contributed by atoms with E-state index in [9.17, 15) is 4.79 Å². The molecule has 0 spiro atoms. The number of fused-ring (bicyclic) bond motifs is 1. The zero-order chi connectivity index (χ0) is 10.8. The maximum atomic E-state index is 11.1. The molecule has 0 aliphatic carbocycles. The van der Waals surface area contributed by atoms with Crippen LogP contribution in [0, 0.1) is 3.90 Å². The van der Waals surface area contributed by atoms with Gasteiger partial charge in [-0.1, -0.05) is 12.1 Å². The average Bonchev–Trinajstić information content (AvgIpc) is 2.59. The minimum atomic E-state index is -0.277. The van der Waals surface area contributed by atoms with Crippen molar-refractivity contribution < 1.29 is 13.9 Å². The van der Waals surface area contributed by atoms with Crippen molar-refractivity contribution in [1.29, 1.82) is 0 Å². The van der Waals surface area contributed by atoms with Crippen molar-refractivity contribution in [3.63, 3.8) is 0 Å². The number of methoxy groups -OCH3 is 1. The normalized spacial score (nSPS) is 10.5. The van der Waals surface area contributed by atoms with Crippen LogP contribution in [-0.4, -0.2) is 18.1 Å². The molecule has 0 saturated carbocycles. The molecule has 1 aromatic heterocycles. The van der Waals surface area contributed by atoms with Crippen LogP contribution in [0.3, 0.4) is 0 Å². The Balaban J connectivity index is 2.46. The fraction of sp³-hybridized carbons (Fsp3) is 0.200. The summed E-state index contributed by atoms with van der Waals surface area (Å²) in [7, 11) is 1.37. The van der Waals surface area contributed by atoms with Gasteiger partial charge in [0.15, 0.2) is 5.58 Å². The second kappa shape index (κ2) is 4.18. The summed E-state index contributed by atoms with van der Waals surface area (Å²) in [5, 5.41) is 0. The summed E-state index contributed by atoms with van der Waals surface area (Å²) in [4.78, 5) is 15.4. The van der Waals surface area contributed by atoms with E-state index < -0.39 is 0 Å². The number of esters is 1. The Morgan fingerprint density at radius 2 is 2.40 bits per heavy atom. The molecular weight excluding hydrogens is 309 g/mol. The monoisotopic (exact) mass is 317 g/mol. The van der Waals surface area contributed by atoms with Gasteiger partial charge in [-0.05, 0) is 11.6 Å². The third-order valence-electron chi connectivity index (χ3n) is 2.04. The number of benzene rings is 1. The van der Waals surface area contributed by atoms with Crippen LogP contribution in [-0.2, 0) is 16.0 Å². The van der Waals surface area contributed by atoms with E-state index in [-0.39, 0.29) is 12.4 Å². The lowest BCUT2D eigenvalue weighted by atomic mass is 10.1. The number of carbonyl (C=O) groups is 1. The second-order valence-electron chi connectivity index (χ2n) is 2.98. The highest BCUT2D eigenvalue weighted by molar-refractivity contribution is 14.1. The van der Waals surface area contributed by atoms with Crippen LogP contribution in [0.2, 0.25) is 0 Å². The molecule has 0 amide bonds. The number of oxazole rings is 1. The number of ether oxygens (including phenoxy) is 1. The van der Waals surface area contributed by atoms with E-state index in [1.807, 2.05) is 40.8 Å². The molecule has 4 nitrogen and oxygen atoms in total. The van der Waals surface area contributed by atoms with Crippen molar-refractivity contribution in [2.75, 3.05) is 7.11 Å². The first-order chi connectivity index (χ1) is 7.20. The van der Waals surface area contributed by atoms with Gasteiger partial charge in [0.25, 0.3) is 3.90 Å². The molecule has 78 valence electrons. The number of carbonyl (C=O) groups excluding carboxylic acids is 1. The minimum Gasteiger partial charge on any atom is -0.469 e. The van der Waals surface area contributed by atoms with E-state index in [2.05, 4.69) is 9.72 Å². The summed E-state index contributed by atoms with van der Waals surface area (Å²) in [5.74, 6) is -0.277. The van der Waals surface area contributed by atoms with Gasteiger partial charge < -0.3 is 9.15 Å². The minimum absolute atomic E-state index is 0.219. The first kappa shape index (κ1) is 10.4. The summed E-state index contributed by atoms with van der Waals surface area (Å²) in [6.45, 7) is 0. The van der Waals surface area contributed by atoms with Gasteiger partial charge in [-0.3, -0.25) is 4.79 Å². The highest BCUT2D eigenvalue weighted by Gasteiger charge is 2.11. The standard InChI is InChI=1S/C10H8INO3/c1-14-8(13)5-6-3-2-4-7-9(6)12-10(11)15-7/h2-4H,5H2,1H3. The molecule has 1 heterocycles. The number of para-hydroxylation sites is 1. The van der Waals surface area contributed by atoms with Crippen molar-refractivity contribution in [2.45, 2.75) is 6.42 Å². The van der Waals surface area contributed by atoms with Gasteiger partial charge in [0, 0.05) is 22.6 Å². The molecular formula is C10H8INO3. The van der Waals surface area contributed by atoms with Gasteiger partial charge in [0.05, 0.1) is 13.5 Å². The Kier molecular flexibility index (Phi) is 2.90. The summed E-state index contributed by atoms with van der Waals surface area (Å²) < 4.78 is 10.5. The van der Waals surface area contributed by atoms with Gasteiger partial charge in [0.2, 0.25) is 0 Å². The average molecular weight is 317 g/mol. The van der Waals surface area contributed by atoms with E-state index in [1.54, 1.807) is 0 Å². The SMILES string of the molecule is COC(=O)Cc1cccc2oc(I)nc12. The topological polar surface area (TPSA) is 52.3 Å². The van der Waals surface area contributed by atoms with Crippen molar-refractivity contribution in [3.05, 3.63) is 27.7 Å². The van der Waals surface area contributed by atoms with Crippen LogP contribution < -0.4 is 0 Å². The summed E-state index contributed by atoms with van der Waals surface area (Å²) in [6.07, 6.45) is 0.219. The fourth-order valence-corrected chi connectivity index (χ4v) is 1.83. The summed E-state index contributed by atoms with van der Waals surface area (Å²) in [6, 6.07) is 5.50.